The zero-order valence-electron chi connectivity index (χ0n) is 13.5. The van der Waals surface area contributed by atoms with Gasteiger partial charge in [0.05, 0.1) is 4.90 Å². The van der Waals surface area contributed by atoms with Gasteiger partial charge in [0.1, 0.15) is 11.3 Å². The second-order valence-electron chi connectivity index (χ2n) is 5.78. The van der Waals surface area contributed by atoms with E-state index in [0.717, 1.165) is 17.2 Å². The lowest BCUT2D eigenvalue weighted by Crippen LogP contribution is -2.16. The topological polar surface area (TPSA) is 97.5 Å². The van der Waals surface area contributed by atoms with Gasteiger partial charge in [-0.1, -0.05) is 24.3 Å². The molecule has 0 radical (unpaired) electrons. The second kappa shape index (κ2) is 6.80. The molecule has 2 aromatic rings. The molecule has 25 heavy (non-hydrogen) atoms. The van der Waals surface area contributed by atoms with Gasteiger partial charge in [-0.25, -0.2) is 13.2 Å². The Bertz CT molecular complexity index is 922. The third kappa shape index (κ3) is 3.72. The number of carboxylic acid groups (broad SMARTS) is 1. The third-order valence-electron chi connectivity index (χ3n) is 4.02. The first kappa shape index (κ1) is 17.9. The predicted octanol–water partition coefficient (Wildman–Crippen LogP) is 2.01. The van der Waals surface area contributed by atoms with Crippen molar-refractivity contribution in [3.05, 3.63) is 59.2 Å². The molecular formula is C17H17NO5S2. The van der Waals surface area contributed by atoms with Crippen molar-refractivity contribution in [2.45, 2.75) is 22.5 Å². The van der Waals surface area contributed by atoms with Crippen molar-refractivity contribution in [1.29, 1.82) is 0 Å². The maximum Gasteiger partial charge on any atom is 0.340 e. The molecule has 0 spiro atoms. The number of rotatable bonds is 6. The molecule has 1 aliphatic rings. The molecule has 0 aliphatic carbocycles. The van der Waals surface area contributed by atoms with Crippen LogP contribution in [0.4, 0.5) is 0 Å². The number of aryl methyl sites for hydroxylation is 1. The molecule has 132 valence electrons. The van der Waals surface area contributed by atoms with E-state index < -0.39 is 27.2 Å². The van der Waals surface area contributed by atoms with Gasteiger partial charge in [0.2, 0.25) is 10.0 Å². The Morgan fingerprint density at radius 3 is 2.52 bits per heavy atom. The molecule has 0 bridgehead atoms. The number of benzene rings is 2. The Labute approximate surface area is 149 Å². The van der Waals surface area contributed by atoms with Gasteiger partial charge < -0.3 is 9.66 Å². The van der Waals surface area contributed by atoms with Gasteiger partial charge in [-0.05, 0) is 41.9 Å². The lowest BCUT2D eigenvalue weighted by Gasteiger charge is -2.15. The van der Waals surface area contributed by atoms with Crippen molar-refractivity contribution in [2.24, 2.45) is 0 Å². The van der Waals surface area contributed by atoms with Crippen molar-refractivity contribution < 1.29 is 22.9 Å². The summed E-state index contributed by atoms with van der Waals surface area (Å²) in [6.07, 6.45) is 0. The quantitative estimate of drug-likeness (QED) is 0.612. The smallest absolute Gasteiger partial charge is 0.340 e. The monoisotopic (exact) mass is 379 g/mol. The van der Waals surface area contributed by atoms with Crippen LogP contribution in [0.15, 0.2) is 52.3 Å². The minimum Gasteiger partial charge on any atom is -0.611 e. The highest BCUT2D eigenvalue weighted by Crippen LogP contribution is 2.28. The number of hydrogen-bond acceptors (Lipinski definition) is 4. The molecular weight excluding hydrogens is 362 g/mol. The summed E-state index contributed by atoms with van der Waals surface area (Å²) in [4.78, 5) is 11.6. The van der Waals surface area contributed by atoms with Gasteiger partial charge in [-0.15, -0.1) is 0 Å². The fourth-order valence-corrected chi connectivity index (χ4v) is 5.20. The number of carbonyl (C=O) groups is 1. The number of carboxylic acids is 1. The van der Waals surface area contributed by atoms with Crippen LogP contribution in [-0.2, 0) is 27.0 Å². The molecule has 0 saturated carbocycles. The average Bonchev–Trinajstić information content (AvgIpc) is 3.41. The molecule has 6 nitrogen and oxygen atoms in total. The molecule has 1 heterocycles. The molecule has 0 aromatic heterocycles. The third-order valence-corrected chi connectivity index (χ3v) is 7.33. The van der Waals surface area contributed by atoms with Crippen LogP contribution in [0.25, 0.3) is 0 Å². The summed E-state index contributed by atoms with van der Waals surface area (Å²) < 4.78 is 38.4. The highest BCUT2D eigenvalue weighted by atomic mass is 32.2. The van der Waals surface area contributed by atoms with Crippen molar-refractivity contribution in [2.75, 3.05) is 13.1 Å². The minimum absolute atomic E-state index is 0.0842. The van der Waals surface area contributed by atoms with Crippen molar-refractivity contribution in [3.8, 4) is 0 Å². The molecule has 1 atom stereocenters. The molecule has 1 fully saturated rings. The van der Waals surface area contributed by atoms with E-state index in [0.29, 0.717) is 13.1 Å². The number of aromatic carboxylic acids is 1. The van der Waals surface area contributed by atoms with E-state index in [1.807, 2.05) is 31.2 Å². The van der Waals surface area contributed by atoms with Gasteiger partial charge >= 0.3 is 5.97 Å². The van der Waals surface area contributed by atoms with E-state index in [-0.39, 0.29) is 21.1 Å². The van der Waals surface area contributed by atoms with E-state index in [9.17, 15) is 22.9 Å². The zero-order valence-corrected chi connectivity index (χ0v) is 15.1. The Morgan fingerprint density at radius 2 is 1.92 bits per heavy atom. The summed E-state index contributed by atoms with van der Waals surface area (Å²) in [7, 11) is -3.66. The van der Waals surface area contributed by atoms with Crippen LogP contribution in [0.2, 0.25) is 0 Å². The number of sulfonamides is 1. The highest BCUT2D eigenvalue weighted by Gasteiger charge is 2.34. The van der Waals surface area contributed by atoms with Crippen LogP contribution >= 0.6 is 0 Å². The van der Waals surface area contributed by atoms with E-state index in [4.69, 9.17) is 0 Å². The van der Waals surface area contributed by atoms with Crippen molar-refractivity contribution in [1.82, 2.24) is 4.31 Å². The first-order valence-electron chi connectivity index (χ1n) is 7.61. The Hall–Kier alpha value is -1.87. The molecule has 1 unspecified atom stereocenters. The first-order chi connectivity index (χ1) is 11.8. The molecule has 1 N–H and O–H groups in total. The molecule has 1 saturated heterocycles. The average molecular weight is 379 g/mol. The first-order valence-corrected chi connectivity index (χ1v) is 10.4. The fourth-order valence-electron chi connectivity index (χ4n) is 2.46. The lowest BCUT2D eigenvalue weighted by atomic mass is 10.1. The maximum atomic E-state index is 12.7. The Morgan fingerprint density at radius 1 is 1.24 bits per heavy atom. The zero-order chi connectivity index (χ0) is 18.2. The summed E-state index contributed by atoms with van der Waals surface area (Å²) in [5.41, 5.74) is 1.58. The summed E-state index contributed by atoms with van der Waals surface area (Å²) >= 11 is -1.60. The van der Waals surface area contributed by atoms with Gasteiger partial charge in [0.15, 0.2) is 4.90 Å². The van der Waals surface area contributed by atoms with Gasteiger partial charge in [-0.2, -0.15) is 4.31 Å². The van der Waals surface area contributed by atoms with Crippen LogP contribution in [0.1, 0.15) is 21.5 Å². The second-order valence-corrected chi connectivity index (χ2v) is 9.14. The highest BCUT2D eigenvalue weighted by molar-refractivity contribution is 7.90. The Balaban J connectivity index is 1.95. The standard InChI is InChI=1S/C17H17NO5S2/c1-12-4-2-3-5-13(12)11-24(21)16-7-6-14(10-15(16)17(19)20)25(22,23)18-8-9-18/h2-7,10H,8-9,11H2,1H3,(H,19,20). The summed E-state index contributed by atoms with van der Waals surface area (Å²) in [5, 5.41) is 9.44. The SMILES string of the molecule is Cc1ccccc1C[S+]([O-])c1ccc(S(=O)(=O)N2CC2)cc1C(=O)O. The summed E-state index contributed by atoms with van der Waals surface area (Å²) in [6.45, 7) is 2.77. The van der Waals surface area contributed by atoms with Crippen LogP contribution < -0.4 is 0 Å². The van der Waals surface area contributed by atoms with Crippen molar-refractivity contribution in [3.63, 3.8) is 0 Å². The molecule has 8 heteroatoms. The lowest BCUT2D eigenvalue weighted by molar-refractivity contribution is 0.0692. The minimum atomic E-state index is -3.66. The van der Waals surface area contributed by atoms with Gasteiger partial charge in [0.25, 0.3) is 0 Å². The normalized spacial score (nSPS) is 15.8. The van der Waals surface area contributed by atoms with Crippen LogP contribution in [0, 0.1) is 6.92 Å². The van der Waals surface area contributed by atoms with Gasteiger partial charge in [0, 0.05) is 18.7 Å². The van der Waals surface area contributed by atoms with Crippen molar-refractivity contribution >= 4 is 27.2 Å². The summed E-state index contributed by atoms with van der Waals surface area (Å²) in [6, 6.07) is 11.2. The predicted molar refractivity (Wildman–Crippen MR) is 93.5 cm³/mol. The van der Waals surface area contributed by atoms with Crippen LogP contribution in [-0.4, -0.2) is 41.4 Å². The van der Waals surface area contributed by atoms with E-state index >= 15 is 0 Å². The van der Waals surface area contributed by atoms with Gasteiger partial charge in [-0.3, -0.25) is 0 Å². The number of nitrogens with zero attached hydrogens (tertiary/aromatic N) is 1. The molecule has 2 aromatic carbocycles. The number of hydrogen-bond donors (Lipinski definition) is 1. The van der Waals surface area contributed by atoms with Crippen LogP contribution in [0.3, 0.4) is 0 Å². The fraction of sp³-hybridized carbons (Fsp3) is 0.235. The largest absolute Gasteiger partial charge is 0.611 e. The maximum absolute atomic E-state index is 12.7. The summed E-state index contributed by atoms with van der Waals surface area (Å²) in [5.74, 6) is -1.12. The Kier molecular flexibility index (Phi) is 4.88. The molecule has 3 rings (SSSR count). The molecule has 1 aliphatic heterocycles. The van der Waals surface area contributed by atoms with E-state index in [2.05, 4.69) is 0 Å². The van der Waals surface area contributed by atoms with Crippen LogP contribution in [0.5, 0.6) is 0 Å². The van der Waals surface area contributed by atoms with E-state index in [1.165, 1.54) is 16.4 Å². The molecule has 0 amide bonds. The van der Waals surface area contributed by atoms with E-state index in [1.54, 1.807) is 0 Å².